The Morgan fingerprint density at radius 3 is 2.60 bits per heavy atom. The van der Waals surface area contributed by atoms with Gasteiger partial charge in [0.2, 0.25) is 5.91 Å². The van der Waals surface area contributed by atoms with Crippen molar-refractivity contribution in [3.63, 3.8) is 0 Å². The van der Waals surface area contributed by atoms with Gasteiger partial charge in [0.05, 0.1) is 0 Å². The molecule has 0 heterocycles. The van der Waals surface area contributed by atoms with Crippen molar-refractivity contribution in [1.29, 1.82) is 0 Å². The van der Waals surface area contributed by atoms with Crippen molar-refractivity contribution < 1.29 is 4.79 Å². The van der Waals surface area contributed by atoms with Crippen molar-refractivity contribution in [1.82, 2.24) is 5.32 Å². The van der Waals surface area contributed by atoms with E-state index < -0.39 is 0 Å². The summed E-state index contributed by atoms with van der Waals surface area (Å²) in [5.74, 6) is 2.27. The minimum Gasteiger partial charge on any atom is -0.350 e. The maximum absolute atomic E-state index is 12.1. The largest absolute Gasteiger partial charge is 0.350 e. The summed E-state index contributed by atoms with van der Waals surface area (Å²) in [7, 11) is 0. The molecule has 0 saturated heterocycles. The second-order valence-electron chi connectivity index (χ2n) is 5.68. The van der Waals surface area contributed by atoms with E-state index in [-0.39, 0.29) is 5.54 Å². The number of alkyl halides is 1. The first kappa shape index (κ1) is 10.1. The quantitative estimate of drug-likeness (QED) is 0.786. The van der Waals surface area contributed by atoms with Gasteiger partial charge in [-0.25, -0.2) is 0 Å². The molecule has 84 valence electrons. The average molecular weight is 272 g/mol. The molecule has 3 fully saturated rings. The van der Waals surface area contributed by atoms with Crippen LogP contribution in [0.15, 0.2) is 0 Å². The zero-order valence-electron chi connectivity index (χ0n) is 8.97. The lowest BCUT2D eigenvalue weighted by molar-refractivity contribution is -0.127. The molecule has 3 unspecified atom stereocenters. The molecule has 3 saturated carbocycles. The van der Waals surface area contributed by atoms with E-state index in [4.69, 9.17) is 0 Å². The molecule has 3 aliphatic carbocycles. The van der Waals surface area contributed by atoms with Crippen LogP contribution in [0, 0.1) is 17.8 Å². The molecule has 3 atom stereocenters. The second kappa shape index (κ2) is 3.47. The first-order valence-corrected chi connectivity index (χ1v) is 7.23. The topological polar surface area (TPSA) is 29.1 Å². The van der Waals surface area contributed by atoms with Gasteiger partial charge < -0.3 is 5.32 Å². The third-order valence-corrected chi connectivity index (χ3v) is 5.65. The maximum Gasteiger partial charge on any atom is 0.223 e. The zero-order chi connectivity index (χ0) is 10.5. The summed E-state index contributed by atoms with van der Waals surface area (Å²) in [6.45, 7) is 0. The zero-order valence-corrected chi connectivity index (χ0v) is 10.6. The molecular weight excluding hydrogens is 254 g/mol. The summed E-state index contributed by atoms with van der Waals surface area (Å²) >= 11 is 3.50. The molecule has 2 nitrogen and oxygen atoms in total. The van der Waals surface area contributed by atoms with Crippen LogP contribution in [-0.4, -0.2) is 16.8 Å². The third-order valence-electron chi connectivity index (χ3n) is 4.57. The predicted molar refractivity (Wildman–Crippen MR) is 62.8 cm³/mol. The van der Waals surface area contributed by atoms with Crippen LogP contribution in [-0.2, 0) is 4.79 Å². The SMILES string of the molecule is O=C(NC1(CBr)CC1)C1CC2CCC1C2. The average Bonchev–Trinajstić information content (AvgIpc) is 2.73. The minimum absolute atomic E-state index is 0.138. The number of nitrogens with one attached hydrogen (secondary N) is 1. The van der Waals surface area contributed by atoms with Gasteiger partial charge in [0.25, 0.3) is 0 Å². The molecule has 3 aliphatic rings. The number of amides is 1. The number of carbonyl (C=O) groups excluding carboxylic acids is 1. The van der Waals surface area contributed by atoms with E-state index in [0.717, 1.165) is 30.5 Å². The second-order valence-corrected chi connectivity index (χ2v) is 6.25. The van der Waals surface area contributed by atoms with E-state index in [2.05, 4.69) is 21.2 Å². The Kier molecular flexibility index (Phi) is 2.35. The molecule has 0 spiro atoms. The molecule has 15 heavy (non-hydrogen) atoms. The van der Waals surface area contributed by atoms with Crippen molar-refractivity contribution in [3.8, 4) is 0 Å². The van der Waals surface area contributed by atoms with Gasteiger partial charge in [0.1, 0.15) is 0 Å². The Balaban J connectivity index is 1.61. The monoisotopic (exact) mass is 271 g/mol. The molecule has 3 heteroatoms. The Hall–Kier alpha value is -0.0500. The highest BCUT2D eigenvalue weighted by atomic mass is 79.9. The van der Waals surface area contributed by atoms with Gasteiger partial charge >= 0.3 is 0 Å². The van der Waals surface area contributed by atoms with Crippen molar-refractivity contribution in [2.75, 3.05) is 5.33 Å². The summed E-state index contributed by atoms with van der Waals surface area (Å²) in [6.07, 6.45) is 7.46. The fourth-order valence-electron chi connectivity index (χ4n) is 3.36. The van der Waals surface area contributed by atoms with E-state index in [0.29, 0.717) is 17.7 Å². The van der Waals surface area contributed by atoms with Crippen LogP contribution in [0.2, 0.25) is 0 Å². The number of fused-ring (bicyclic) bond motifs is 2. The number of carbonyl (C=O) groups is 1. The molecule has 0 radical (unpaired) electrons. The maximum atomic E-state index is 12.1. The Labute approximate surface area is 99.3 Å². The molecule has 0 aliphatic heterocycles. The summed E-state index contributed by atoms with van der Waals surface area (Å²) in [5.41, 5.74) is 0.138. The van der Waals surface area contributed by atoms with Crippen LogP contribution in [0.3, 0.4) is 0 Å². The van der Waals surface area contributed by atoms with Crippen LogP contribution in [0.4, 0.5) is 0 Å². The first-order chi connectivity index (χ1) is 7.22. The molecule has 3 rings (SSSR count). The van der Waals surface area contributed by atoms with E-state index in [1.165, 1.54) is 19.3 Å². The van der Waals surface area contributed by atoms with E-state index >= 15 is 0 Å². The van der Waals surface area contributed by atoms with Gasteiger partial charge in [0.15, 0.2) is 0 Å². The summed E-state index contributed by atoms with van der Waals surface area (Å²) in [6, 6.07) is 0. The number of hydrogen-bond acceptors (Lipinski definition) is 1. The molecular formula is C12H18BrNO. The van der Waals surface area contributed by atoms with Gasteiger partial charge in [-0.15, -0.1) is 0 Å². The van der Waals surface area contributed by atoms with E-state index in [9.17, 15) is 4.79 Å². The normalized spacial score (nSPS) is 40.5. The Bertz CT molecular complexity index is 287. The third kappa shape index (κ3) is 1.73. The minimum atomic E-state index is 0.138. The van der Waals surface area contributed by atoms with Gasteiger partial charge in [-0.1, -0.05) is 22.4 Å². The van der Waals surface area contributed by atoms with Crippen molar-refractivity contribution >= 4 is 21.8 Å². The Morgan fingerprint density at radius 1 is 1.33 bits per heavy atom. The van der Waals surface area contributed by atoms with E-state index in [1.807, 2.05) is 0 Å². The molecule has 0 aromatic carbocycles. The summed E-state index contributed by atoms with van der Waals surface area (Å²) in [5, 5.41) is 4.18. The highest BCUT2D eigenvalue weighted by Crippen LogP contribution is 2.49. The number of halogens is 1. The molecule has 1 N–H and O–H groups in total. The van der Waals surface area contributed by atoms with Gasteiger partial charge in [-0.2, -0.15) is 0 Å². The molecule has 2 bridgehead atoms. The lowest BCUT2D eigenvalue weighted by atomic mass is 9.88. The van der Waals surface area contributed by atoms with Crippen LogP contribution in [0.5, 0.6) is 0 Å². The lowest BCUT2D eigenvalue weighted by Crippen LogP contribution is -2.43. The standard InChI is InChI=1S/C12H18BrNO/c13-7-12(3-4-12)14-11(15)10-6-8-1-2-9(10)5-8/h8-10H,1-7H2,(H,14,15). The number of rotatable bonds is 3. The first-order valence-electron chi connectivity index (χ1n) is 6.10. The number of hydrogen-bond donors (Lipinski definition) is 1. The summed E-state index contributed by atoms with van der Waals surface area (Å²) in [4.78, 5) is 12.1. The smallest absolute Gasteiger partial charge is 0.223 e. The Morgan fingerprint density at radius 2 is 2.13 bits per heavy atom. The fourth-order valence-corrected chi connectivity index (χ4v) is 4.06. The summed E-state index contributed by atoms with van der Waals surface area (Å²) < 4.78 is 0. The molecule has 0 aromatic rings. The van der Waals surface area contributed by atoms with Gasteiger partial charge in [0, 0.05) is 16.8 Å². The molecule has 0 aromatic heterocycles. The van der Waals surface area contributed by atoms with Gasteiger partial charge in [-0.3, -0.25) is 4.79 Å². The lowest BCUT2D eigenvalue weighted by Gasteiger charge is -2.23. The van der Waals surface area contributed by atoms with E-state index in [1.54, 1.807) is 0 Å². The van der Waals surface area contributed by atoms with Crippen LogP contribution in [0.25, 0.3) is 0 Å². The highest BCUT2D eigenvalue weighted by Gasteiger charge is 2.48. The van der Waals surface area contributed by atoms with Crippen molar-refractivity contribution in [2.45, 2.75) is 44.1 Å². The van der Waals surface area contributed by atoms with Crippen LogP contribution < -0.4 is 5.32 Å². The van der Waals surface area contributed by atoms with Crippen LogP contribution in [0.1, 0.15) is 38.5 Å². The van der Waals surface area contributed by atoms with Crippen molar-refractivity contribution in [3.05, 3.63) is 0 Å². The van der Waals surface area contributed by atoms with Crippen molar-refractivity contribution in [2.24, 2.45) is 17.8 Å². The van der Waals surface area contributed by atoms with Gasteiger partial charge in [-0.05, 0) is 43.9 Å². The fraction of sp³-hybridized carbons (Fsp3) is 0.917. The molecule has 1 amide bonds. The highest BCUT2D eigenvalue weighted by molar-refractivity contribution is 9.09. The van der Waals surface area contributed by atoms with Crippen LogP contribution >= 0.6 is 15.9 Å². The predicted octanol–water partition coefficient (Wildman–Crippen LogP) is 2.47.